The molecule has 2 atom stereocenters. The number of nitrogens with zero attached hydrogens (tertiary/aromatic N) is 3. The van der Waals surface area contributed by atoms with Crippen LogP contribution in [0.5, 0.6) is 5.75 Å². The second kappa shape index (κ2) is 9.21. The molecule has 0 spiro atoms. The summed E-state index contributed by atoms with van der Waals surface area (Å²) in [5.74, 6) is 1.94. The smallest absolute Gasteiger partial charge is 0.193 e. The average Bonchev–Trinajstić information content (AvgIpc) is 3.28. The molecule has 2 saturated heterocycles. The summed E-state index contributed by atoms with van der Waals surface area (Å²) < 4.78 is 19.0. The van der Waals surface area contributed by atoms with Crippen molar-refractivity contribution in [3.05, 3.63) is 30.1 Å². The molecule has 2 fully saturated rings. The van der Waals surface area contributed by atoms with Gasteiger partial charge in [-0.25, -0.2) is 4.39 Å². The number of rotatable bonds is 6. The maximum atomic E-state index is 13.2. The van der Waals surface area contributed by atoms with Gasteiger partial charge in [-0.2, -0.15) is 0 Å². The molecule has 0 aromatic heterocycles. The Morgan fingerprint density at radius 3 is 2.88 bits per heavy atom. The maximum Gasteiger partial charge on any atom is 0.193 e. The van der Waals surface area contributed by atoms with E-state index in [9.17, 15) is 4.39 Å². The Morgan fingerprint density at radius 1 is 1.35 bits per heavy atom. The number of guanidine groups is 1. The fourth-order valence-electron chi connectivity index (χ4n) is 3.89. The minimum Gasteiger partial charge on any atom is -0.489 e. The Labute approximate surface area is 156 Å². The number of likely N-dealkylation sites (tertiary alicyclic amines) is 2. The summed E-state index contributed by atoms with van der Waals surface area (Å²) in [4.78, 5) is 9.37. The van der Waals surface area contributed by atoms with Crippen molar-refractivity contribution in [2.45, 2.75) is 32.3 Å². The highest BCUT2D eigenvalue weighted by Gasteiger charge is 2.27. The molecule has 26 heavy (non-hydrogen) atoms. The normalized spacial score (nSPS) is 22.7. The zero-order valence-electron chi connectivity index (χ0n) is 16.0. The molecule has 1 aromatic carbocycles. The lowest BCUT2D eigenvalue weighted by molar-refractivity contribution is 0.221. The Balaban J connectivity index is 1.42. The van der Waals surface area contributed by atoms with Gasteiger partial charge in [0.2, 0.25) is 0 Å². The first-order valence-electron chi connectivity index (χ1n) is 9.74. The fourth-order valence-corrected chi connectivity index (χ4v) is 3.89. The summed E-state index contributed by atoms with van der Waals surface area (Å²) in [5.41, 5.74) is 0. The lowest BCUT2D eigenvalue weighted by Gasteiger charge is -2.24. The van der Waals surface area contributed by atoms with Crippen molar-refractivity contribution >= 4 is 5.96 Å². The second-order valence-electron chi connectivity index (χ2n) is 7.42. The van der Waals surface area contributed by atoms with Crippen molar-refractivity contribution in [1.82, 2.24) is 15.1 Å². The van der Waals surface area contributed by atoms with Crippen LogP contribution < -0.4 is 10.1 Å². The molecule has 0 bridgehead atoms. The Bertz CT molecular complexity index is 603. The molecule has 3 rings (SSSR count). The lowest BCUT2D eigenvalue weighted by atomic mass is 10.1. The molecule has 0 saturated carbocycles. The van der Waals surface area contributed by atoms with Crippen molar-refractivity contribution in [3.8, 4) is 5.75 Å². The third-order valence-corrected chi connectivity index (χ3v) is 5.19. The van der Waals surface area contributed by atoms with Crippen LogP contribution in [0.1, 0.15) is 26.2 Å². The van der Waals surface area contributed by atoms with Crippen LogP contribution in [0.25, 0.3) is 0 Å². The molecule has 2 aliphatic rings. The highest BCUT2D eigenvalue weighted by molar-refractivity contribution is 5.80. The van der Waals surface area contributed by atoms with Crippen LogP contribution in [0.3, 0.4) is 0 Å². The van der Waals surface area contributed by atoms with Gasteiger partial charge < -0.3 is 19.9 Å². The molecule has 1 N–H and O–H groups in total. The quantitative estimate of drug-likeness (QED) is 0.624. The largest absolute Gasteiger partial charge is 0.489 e. The van der Waals surface area contributed by atoms with Gasteiger partial charge in [-0.05, 0) is 57.3 Å². The summed E-state index contributed by atoms with van der Waals surface area (Å²) in [6.45, 7) is 8.47. The van der Waals surface area contributed by atoms with Gasteiger partial charge >= 0.3 is 0 Å². The second-order valence-corrected chi connectivity index (χ2v) is 7.42. The van der Waals surface area contributed by atoms with Gasteiger partial charge in [0.25, 0.3) is 0 Å². The summed E-state index contributed by atoms with van der Waals surface area (Å²) in [6, 6.07) is 6.27. The van der Waals surface area contributed by atoms with Crippen molar-refractivity contribution in [2.24, 2.45) is 10.9 Å². The Morgan fingerprint density at radius 2 is 2.15 bits per heavy atom. The summed E-state index contributed by atoms with van der Waals surface area (Å²) in [5, 5.41) is 3.40. The summed E-state index contributed by atoms with van der Waals surface area (Å²) in [7, 11) is 1.83. The van der Waals surface area contributed by atoms with Gasteiger partial charge in [0.15, 0.2) is 5.96 Å². The minimum absolute atomic E-state index is 0.0726. The van der Waals surface area contributed by atoms with E-state index in [0.717, 1.165) is 25.0 Å². The number of nitrogens with one attached hydrogen (secondary N) is 1. The van der Waals surface area contributed by atoms with Crippen LogP contribution in [-0.4, -0.2) is 68.2 Å². The number of hydrogen-bond donors (Lipinski definition) is 1. The first-order valence-corrected chi connectivity index (χ1v) is 9.74. The zero-order valence-corrected chi connectivity index (χ0v) is 16.0. The third kappa shape index (κ3) is 5.34. The van der Waals surface area contributed by atoms with Crippen LogP contribution in [0, 0.1) is 11.7 Å². The molecule has 0 radical (unpaired) electrons. The maximum absolute atomic E-state index is 13.2. The molecular formula is C20H31FN4O. The standard InChI is InChI=1S/C20H31FN4O/c1-16(26-19-7-5-6-18(21)12-19)13-23-20(22-2)25-11-8-17(15-25)14-24-9-3-4-10-24/h5-7,12,16-17H,3-4,8-11,13-15H2,1-2H3,(H,22,23). The van der Waals surface area contributed by atoms with Gasteiger partial charge in [-0.15, -0.1) is 0 Å². The van der Waals surface area contributed by atoms with E-state index in [1.54, 1.807) is 12.1 Å². The first kappa shape index (κ1) is 19.0. The van der Waals surface area contributed by atoms with Crippen LogP contribution in [0.4, 0.5) is 4.39 Å². The molecule has 2 aliphatic heterocycles. The average molecular weight is 362 g/mol. The molecule has 6 heteroatoms. The van der Waals surface area contributed by atoms with Crippen molar-refractivity contribution < 1.29 is 9.13 Å². The van der Waals surface area contributed by atoms with Crippen molar-refractivity contribution in [2.75, 3.05) is 46.3 Å². The summed E-state index contributed by atoms with van der Waals surface area (Å²) in [6.07, 6.45) is 3.86. The highest BCUT2D eigenvalue weighted by Crippen LogP contribution is 2.20. The topological polar surface area (TPSA) is 40.1 Å². The molecule has 2 heterocycles. The van der Waals surface area contributed by atoms with E-state index in [-0.39, 0.29) is 11.9 Å². The molecule has 2 unspecified atom stereocenters. The predicted molar refractivity (Wildman–Crippen MR) is 103 cm³/mol. The molecule has 0 aliphatic carbocycles. The number of aliphatic imine (C=N–C) groups is 1. The number of halogens is 1. The van der Waals surface area contributed by atoms with Gasteiger partial charge in [0.05, 0.1) is 6.54 Å². The minimum atomic E-state index is -0.278. The lowest BCUT2D eigenvalue weighted by Crippen LogP contribution is -2.44. The molecule has 144 valence electrons. The fraction of sp³-hybridized carbons (Fsp3) is 0.650. The number of hydrogen-bond acceptors (Lipinski definition) is 3. The van der Waals surface area contributed by atoms with E-state index in [0.29, 0.717) is 12.3 Å². The Kier molecular flexibility index (Phi) is 6.72. The molecule has 1 aromatic rings. The SMILES string of the molecule is CN=C(NCC(C)Oc1cccc(F)c1)N1CCC(CN2CCCC2)C1. The van der Waals surface area contributed by atoms with Gasteiger partial charge in [0, 0.05) is 32.7 Å². The monoisotopic (exact) mass is 362 g/mol. The molecule has 5 nitrogen and oxygen atoms in total. The molecular weight excluding hydrogens is 331 g/mol. The van der Waals surface area contributed by atoms with Crippen molar-refractivity contribution in [1.29, 1.82) is 0 Å². The van der Waals surface area contributed by atoms with Crippen LogP contribution >= 0.6 is 0 Å². The number of ether oxygens (including phenoxy) is 1. The highest BCUT2D eigenvalue weighted by atomic mass is 19.1. The Hall–Kier alpha value is -1.82. The molecule has 0 amide bonds. The van der Waals surface area contributed by atoms with Crippen LogP contribution in [-0.2, 0) is 0 Å². The number of benzene rings is 1. The summed E-state index contributed by atoms with van der Waals surface area (Å²) >= 11 is 0. The van der Waals surface area contributed by atoms with Gasteiger partial charge in [-0.3, -0.25) is 4.99 Å². The zero-order chi connectivity index (χ0) is 18.4. The van der Waals surface area contributed by atoms with Crippen LogP contribution in [0.15, 0.2) is 29.3 Å². The van der Waals surface area contributed by atoms with Crippen LogP contribution in [0.2, 0.25) is 0 Å². The predicted octanol–water partition coefficient (Wildman–Crippen LogP) is 2.59. The van der Waals surface area contributed by atoms with E-state index in [1.165, 1.54) is 51.0 Å². The van der Waals surface area contributed by atoms with E-state index in [2.05, 4.69) is 20.1 Å². The van der Waals surface area contributed by atoms with E-state index in [4.69, 9.17) is 4.74 Å². The van der Waals surface area contributed by atoms with Gasteiger partial charge in [0.1, 0.15) is 17.7 Å². The van der Waals surface area contributed by atoms with E-state index < -0.39 is 0 Å². The third-order valence-electron chi connectivity index (χ3n) is 5.19. The van der Waals surface area contributed by atoms with Crippen molar-refractivity contribution in [3.63, 3.8) is 0 Å². The van der Waals surface area contributed by atoms with E-state index in [1.807, 2.05) is 14.0 Å². The van der Waals surface area contributed by atoms with E-state index >= 15 is 0 Å². The van der Waals surface area contributed by atoms with Gasteiger partial charge in [-0.1, -0.05) is 6.07 Å². The first-order chi connectivity index (χ1) is 12.6.